The van der Waals surface area contributed by atoms with Gasteiger partial charge in [-0.2, -0.15) is 5.10 Å². The van der Waals surface area contributed by atoms with Gasteiger partial charge in [0.15, 0.2) is 5.60 Å². The monoisotopic (exact) mass is 727 g/mol. The first-order valence-electron chi connectivity index (χ1n) is 17.8. The third kappa shape index (κ3) is 6.11. The van der Waals surface area contributed by atoms with Gasteiger partial charge in [-0.25, -0.2) is 5.01 Å². The number of halogens is 1. The molecule has 0 unspecified atom stereocenters. The summed E-state index contributed by atoms with van der Waals surface area (Å²) in [5.74, 6) is -1.63. The average Bonchev–Trinajstić information content (AvgIpc) is 3.79. The van der Waals surface area contributed by atoms with Gasteiger partial charge in [0.05, 0.1) is 53.7 Å². The van der Waals surface area contributed by atoms with Crippen LogP contribution in [0.3, 0.4) is 0 Å². The molecule has 0 aromatic heterocycles. The molecule has 1 spiro atoms. The van der Waals surface area contributed by atoms with Gasteiger partial charge < -0.3 is 23.8 Å². The van der Waals surface area contributed by atoms with E-state index in [-0.39, 0.29) is 48.7 Å². The van der Waals surface area contributed by atoms with Crippen LogP contribution in [-0.2, 0) is 31.3 Å². The van der Waals surface area contributed by atoms with Gasteiger partial charge in [-0.3, -0.25) is 24.5 Å². The van der Waals surface area contributed by atoms with Crippen molar-refractivity contribution in [2.75, 3.05) is 23.1 Å². The van der Waals surface area contributed by atoms with Crippen molar-refractivity contribution >= 4 is 48.9 Å². The Hall–Kier alpha value is -4.79. The summed E-state index contributed by atoms with van der Waals surface area (Å²) in [6.45, 7) is 5.19. The van der Waals surface area contributed by atoms with Crippen LogP contribution < -0.4 is 9.91 Å². The molecule has 5 atom stereocenters. The molecule has 0 bridgehead atoms. The summed E-state index contributed by atoms with van der Waals surface area (Å²) in [6.07, 6.45) is 1.14. The Morgan fingerprint density at radius 2 is 1.83 bits per heavy atom. The normalized spacial score (nSPS) is 25.9. The summed E-state index contributed by atoms with van der Waals surface area (Å²) in [5.41, 5.74) is 0.977. The molecule has 4 aliphatic heterocycles. The van der Waals surface area contributed by atoms with Crippen molar-refractivity contribution in [3.05, 3.63) is 99.6 Å². The van der Waals surface area contributed by atoms with Crippen LogP contribution in [0.5, 0.6) is 0 Å². The molecule has 12 nitrogen and oxygen atoms in total. The Kier molecular flexibility index (Phi) is 9.34. The van der Waals surface area contributed by atoms with E-state index in [0.717, 1.165) is 17.7 Å². The number of aliphatic hydroxyl groups excluding tert-OH is 1. The van der Waals surface area contributed by atoms with Gasteiger partial charge in [0.1, 0.15) is 0 Å². The summed E-state index contributed by atoms with van der Waals surface area (Å²) in [4.78, 5) is 55.8. The van der Waals surface area contributed by atoms with Crippen molar-refractivity contribution in [2.45, 2.75) is 82.0 Å². The van der Waals surface area contributed by atoms with E-state index in [1.165, 1.54) is 41.2 Å². The zero-order valence-electron chi connectivity index (χ0n) is 29.4. The molecule has 272 valence electrons. The molecule has 0 radical (unpaired) electrons. The molecule has 0 saturated carbocycles. The van der Waals surface area contributed by atoms with E-state index in [0.29, 0.717) is 42.7 Å². The number of nitrogens with zero attached hydrogens (tertiary/aromatic N) is 5. The number of carbonyl (C=O) groups is 3. The first-order chi connectivity index (χ1) is 24.8. The minimum absolute atomic E-state index is 0.0743. The fourth-order valence-electron chi connectivity index (χ4n) is 8.67. The first kappa shape index (κ1) is 35.6. The molecular weight excluding hydrogens is 686 g/mol. The smallest absolute Gasteiger partial charge is 0.269 e. The van der Waals surface area contributed by atoms with Gasteiger partial charge in [-0.1, -0.05) is 49.4 Å². The van der Waals surface area contributed by atoms with E-state index in [9.17, 15) is 29.6 Å². The molecule has 0 aliphatic carbocycles. The molecule has 7 rings (SSSR count). The molecule has 2 saturated heterocycles. The zero-order valence-corrected chi connectivity index (χ0v) is 30.4. The molecule has 2 fully saturated rings. The van der Waals surface area contributed by atoms with Gasteiger partial charge in [0, 0.05) is 48.5 Å². The third-order valence-electron chi connectivity index (χ3n) is 11.1. The van der Waals surface area contributed by atoms with Gasteiger partial charge in [0.25, 0.3) is 11.6 Å². The van der Waals surface area contributed by atoms with E-state index < -0.39 is 42.4 Å². The predicted octanol–water partition coefficient (Wildman–Crippen LogP) is 5.82. The van der Waals surface area contributed by atoms with E-state index in [2.05, 4.69) is 5.10 Å². The number of carbonyl (C=O) groups excluding carboxylic acids is 3. The maximum atomic E-state index is 16.3. The number of hydrazone groups is 1. The Morgan fingerprint density at radius 1 is 1.10 bits per heavy atom. The molecule has 4 aliphatic rings. The van der Waals surface area contributed by atoms with Crippen LogP contribution in [-0.4, -0.2) is 72.1 Å². The zero-order chi connectivity index (χ0) is 36.9. The van der Waals surface area contributed by atoms with E-state index in [1.807, 2.05) is 30.3 Å². The second kappa shape index (κ2) is 13.6. The van der Waals surface area contributed by atoms with Crippen LogP contribution >= 0.6 is 0 Å². The number of nitro groups is 1. The second-order valence-electron chi connectivity index (χ2n) is 14.7. The number of aliphatic hydroxyl groups is 1. The highest BCUT2D eigenvalue weighted by Gasteiger charge is 2.67. The highest BCUT2D eigenvalue weighted by molar-refractivity contribution is 6.72. The van der Waals surface area contributed by atoms with E-state index in [1.54, 1.807) is 36.1 Å². The largest absolute Gasteiger partial charge is 0.394 e. The number of amides is 3. The van der Waals surface area contributed by atoms with Crippen molar-refractivity contribution in [3.8, 4) is 0 Å². The Labute approximate surface area is 302 Å². The van der Waals surface area contributed by atoms with Crippen molar-refractivity contribution in [2.24, 2.45) is 11.0 Å². The van der Waals surface area contributed by atoms with Crippen LogP contribution in [0.25, 0.3) is 0 Å². The number of fused-ring (bicyclic) bond motifs is 2. The molecule has 3 amide bonds. The maximum absolute atomic E-state index is 16.3. The highest BCUT2D eigenvalue weighted by Crippen LogP contribution is 2.60. The maximum Gasteiger partial charge on any atom is 0.269 e. The molecule has 3 aromatic rings. The average molecular weight is 728 g/mol. The standard InChI is InChI=1S/C38H42FN5O7Si/c1-24-36(52(2,3)39)33(21-35(47)41-19-7-10-29(41)23-45)51-38(24)30-20-28(44(49)50)15-17-32(30)42(37(38)48)22-25-11-13-27(14-12-25)43-34(46)18-16-31(40-43)26-8-5-4-6-9-26/h4-6,8-9,11-15,17,20,24,29,33,36,45H,7,10,16,18-19,21-23H2,1-3H3/t24-,29-,33+,36-,38+/m0/s1. The molecule has 4 heterocycles. The summed E-state index contributed by atoms with van der Waals surface area (Å²) in [5, 5.41) is 27.8. The number of anilines is 2. The minimum Gasteiger partial charge on any atom is -0.394 e. The highest BCUT2D eigenvalue weighted by atomic mass is 28.4. The van der Waals surface area contributed by atoms with Crippen LogP contribution in [0.4, 0.5) is 21.2 Å². The summed E-state index contributed by atoms with van der Waals surface area (Å²) in [6, 6.07) is 20.7. The Balaban J connectivity index is 1.20. The number of hydrogen-bond acceptors (Lipinski definition) is 8. The number of non-ortho nitro benzene ring substituents is 1. The Bertz CT molecular complexity index is 1940. The summed E-state index contributed by atoms with van der Waals surface area (Å²) in [7, 11) is -3.61. The topological polar surface area (TPSA) is 146 Å². The molecule has 52 heavy (non-hydrogen) atoms. The number of ether oxygens (including phenoxy) is 1. The van der Waals surface area contributed by atoms with Gasteiger partial charge >= 0.3 is 0 Å². The quantitative estimate of drug-likeness (QED) is 0.127. The molecular formula is C38H42FN5O7Si. The fraction of sp³-hybridized carbons (Fsp3) is 0.421. The SMILES string of the molecule is C[C@H]1[C@H]([Si](C)(C)F)[C@@H](CC(=O)N2CCC[C@H]2CO)O[C@]12C(=O)N(Cc1ccc(N3N=C(c4ccccc4)CCC3=O)cc1)c1ccc([N+](=O)[O-])cc12. The van der Waals surface area contributed by atoms with Gasteiger partial charge in [0.2, 0.25) is 20.2 Å². The number of rotatable bonds is 9. The number of benzene rings is 3. The second-order valence-corrected chi connectivity index (χ2v) is 18.5. The fourth-order valence-corrected chi connectivity index (χ4v) is 11.2. The van der Waals surface area contributed by atoms with Crippen LogP contribution in [0, 0.1) is 16.0 Å². The lowest BCUT2D eigenvalue weighted by Gasteiger charge is -2.31. The Morgan fingerprint density at radius 3 is 2.50 bits per heavy atom. The van der Waals surface area contributed by atoms with Crippen LogP contribution in [0.2, 0.25) is 18.6 Å². The van der Waals surface area contributed by atoms with Crippen molar-refractivity contribution in [1.82, 2.24) is 4.90 Å². The van der Waals surface area contributed by atoms with Crippen molar-refractivity contribution < 1.29 is 33.3 Å². The lowest BCUT2D eigenvalue weighted by molar-refractivity contribution is -0.385. The van der Waals surface area contributed by atoms with Gasteiger partial charge in [-0.05, 0) is 55.3 Å². The predicted molar refractivity (Wildman–Crippen MR) is 195 cm³/mol. The van der Waals surface area contributed by atoms with Crippen LogP contribution in [0.1, 0.15) is 55.7 Å². The number of nitro benzene ring substituents is 1. The molecule has 3 aromatic carbocycles. The van der Waals surface area contributed by atoms with Gasteiger partial charge in [-0.15, -0.1) is 0 Å². The van der Waals surface area contributed by atoms with Crippen molar-refractivity contribution in [3.63, 3.8) is 0 Å². The van der Waals surface area contributed by atoms with E-state index in [4.69, 9.17) is 4.74 Å². The minimum atomic E-state index is -3.61. The summed E-state index contributed by atoms with van der Waals surface area (Å²) < 4.78 is 23.0. The van der Waals surface area contributed by atoms with Crippen LogP contribution in [0.15, 0.2) is 77.9 Å². The lowest BCUT2D eigenvalue weighted by Crippen LogP contribution is -2.45. The lowest BCUT2D eigenvalue weighted by atomic mass is 9.82. The third-order valence-corrected chi connectivity index (χ3v) is 13.6. The molecule has 14 heteroatoms. The summed E-state index contributed by atoms with van der Waals surface area (Å²) >= 11 is 0. The van der Waals surface area contributed by atoms with E-state index >= 15 is 4.11 Å². The number of hydrogen-bond donors (Lipinski definition) is 1. The van der Waals surface area contributed by atoms with Crippen molar-refractivity contribution in [1.29, 1.82) is 0 Å². The first-order valence-corrected chi connectivity index (χ1v) is 20.7. The molecule has 1 N–H and O–H groups in total. The number of likely N-dealkylation sites (tertiary alicyclic amines) is 1.